The summed E-state index contributed by atoms with van der Waals surface area (Å²) >= 11 is 0. The van der Waals surface area contributed by atoms with Gasteiger partial charge >= 0.3 is 6.18 Å². The number of amides is 1. The van der Waals surface area contributed by atoms with Gasteiger partial charge in [-0.15, -0.1) is 0 Å². The Hall–Kier alpha value is -4.16. The normalized spacial score (nSPS) is 18.5. The molecular weight excluding hydrogens is 599 g/mol. The summed E-state index contributed by atoms with van der Waals surface area (Å²) in [6.07, 6.45) is -2.17. The molecule has 9 nitrogen and oxygen atoms in total. The number of pyridine rings is 1. The molecule has 1 saturated heterocycles. The highest BCUT2D eigenvalue weighted by Gasteiger charge is 2.37. The Labute approximate surface area is 267 Å². The number of aryl methyl sites for hydroxylation is 1. The first-order chi connectivity index (χ1) is 22.0. The fourth-order valence-electron chi connectivity index (χ4n) is 6.07. The number of halogens is 3. The second-order valence-corrected chi connectivity index (χ2v) is 11.7. The molecule has 3 heterocycles. The van der Waals surface area contributed by atoms with Crippen molar-refractivity contribution in [2.45, 2.75) is 58.5 Å². The van der Waals surface area contributed by atoms with Crippen LogP contribution in [0, 0.1) is 6.92 Å². The highest BCUT2D eigenvalue weighted by Crippen LogP contribution is 2.43. The predicted molar refractivity (Wildman–Crippen MR) is 169 cm³/mol. The monoisotopic (exact) mass is 639 g/mol. The van der Waals surface area contributed by atoms with Crippen LogP contribution < -0.4 is 20.1 Å². The summed E-state index contributed by atoms with van der Waals surface area (Å²) in [7, 11) is 1.75. The molecule has 46 heavy (non-hydrogen) atoms. The number of carbonyl (C=O) groups is 2. The van der Waals surface area contributed by atoms with Gasteiger partial charge in [0.15, 0.2) is 6.23 Å². The fraction of sp³-hybridized carbons (Fsp3) is 0.441. The summed E-state index contributed by atoms with van der Waals surface area (Å²) in [5.41, 5.74) is 1.61. The summed E-state index contributed by atoms with van der Waals surface area (Å²) in [6, 6.07) is 9.18. The molecule has 0 bridgehead atoms. The Morgan fingerprint density at radius 3 is 2.54 bits per heavy atom. The molecule has 0 aliphatic carbocycles. The maximum Gasteiger partial charge on any atom is 0.416 e. The number of hydrogen-bond donors (Lipinski definition) is 2. The molecule has 2 atom stereocenters. The smallest absolute Gasteiger partial charge is 0.416 e. The number of fused-ring (bicyclic) bond motifs is 1. The zero-order chi connectivity index (χ0) is 33.0. The Balaban J connectivity index is 1.31. The molecule has 0 spiro atoms. The van der Waals surface area contributed by atoms with Crippen LogP contribution in [0.2, 0.25) is 0 Å². The molecule has 1 aromatic heterocycles. The van der Waals surface area contributed by atoms with Crippen molar-refractivity contribution >= 4 is 18.0 Å². The summed E-state index contributed by atoms with van der Waals surface area (Å²) in [5, 5.41) is 5.82. The van der Waals surface area contributed by atoms with Crippen LogP contribution in [0.25, 0.3) is 0 Å². The van der Waals surface area contributed by atoms with Gasteiger partial charge in [-0.25, -0.2) is 4.98 Å². The van der Waals surface area contributed by atoms with Gasteiger partial charge in [-0.3, -0.25) is 9.69 Å². The van der Waals surface area contributed by atoms with Crippen molar-refractivity contribution in [2.75, 3.05) is 45.1 Å². The molecule has 1 amide bonds. The first-order valence-electron chi connectivity index (χ1n) is 15.6. The number of ether oxygens (including phenoxy) is 2. The molecule has 0 radical (unpaired) electrons. The third-order valence-corrected chi connectivity index (χ3v) is 8.71. The number of likely N-dealkylation sites (N-methyl/N-ethyl adjacent to an activating group) is 1. The number of rotatable bonds is 11. The minimum absolute atomic E-state index is 0.0831. The number of nitrogens with zero attached hydrogens (tertiary/aromatic N) is 3. The largest absolute Gasteiger partial charge is 0.469 e. The number of benzene rings is 2. The SMILES string of the molecule is CCN1CCN(Cc2ccc(C(=O)NC3Oc4c(C)cc(Oc5ccnc(NC)c5CCC=O)cc4C3C)cc2C(F)(F)F)CC1. The molecule has 2 aliphatic rings. The van der Waals surface area contributed by atoms with Gasteiger partial charge < -0.3 is 29.8 Å². The van der Waals surface area contributed by atoms with E-state index in [1.807, 2.05) is 30.9 Å². The van der Waals surface area contributed by atoms with Crippen molar-refractivity contribution in [2.24, 2.45) is 0 Å². The van der Waals surface area contributed by atoms with Gasteiger partial charge in [0.25, 0.3) is 5.91 Å². The molecular formula is C34H40F3N5O4. The van der Waals surface area contributed by atoms with Crippen LogP contribution >= 0.6 is 0 Å². The summed E-state index contributed by atoms with van der Waals surface area (Å²) in [6.45, 7) is 9.92. The highest BCUT2D eigenvalue weighted by molar-refractivity contribution is 5.94. The predicted octanol–water partition coefficient (Wildman–Crippen LogP) is 5.76. The first kappa shape index (κ1) is 33.2. The number of alkyl halides is 3. The number of hydrogen-bond acceptors (Lipinski definition) is 8. The lowest BCUT2D eigenvalue weighted by atomic mass is 9.98. The van der Waals surface area contributed by atoms with Gasteiger partial charge in [0.1, 0.15) is 29.4 Å². The molecule has 0 saturated carbocycles. The van der Waals surface area contributed by atoms with Crippen LogP contribution in [0.3, 0.4) is 0 Å². The van der Waals surface area contributed by atoms with Crippen LogP contribution in [0.15, 0.2) is 42.6 Å². The number of aldehydes is 1. The topological polar surface area (TPSA) is 96.0 Å². The van der Waals surface area contributed by atoms with Gasteiger partial charge in [-0.1, -0.05) is 19.9 Å². The van der Waals surface area contributed by atoms with Crippen LogP contribution in [0.1, 0.15) is 64.4 Å². The van der Waals surface area contributed by atoms with Gasteiger partial charge in [0, 0.05) is 75.0 Å². The Bertz CT molecular complexity index is 1570. The molecule has 246 valence electrons. The first-order valence-corrected chi connectivity index (χ1v) is 15.6. The Morgan fingerprint density at radius 2 is 1.87 bits per heavy atom. The highest BCUT2D eigenvalue weighted by atomic mass is 19.4. The van der Waals surface area contributed by atoms with E-state index < -0.39 is 23.9 Å². The second-order valence-electron chi connectivity index (χ2n) is 11.7. The Kier molecular flexibility index (Phi) is 10.2. The Morgan fingerprint density at radius 1 is 1.13 bits per heavy atom. The number of aromatic nitrogens is 1. The van der Waals surface area contributed by atoms with Crippen LogP contribution in [-0.2, 0) is 23.9 Å². The molecule has 2 aliphatic heterocycles. The summed E-state index contributed by atoms with van der Waals surface area (Å²) in [5.74, 6) is 1.34. The number of anilines is 1. The minimum atomic E-state index is -4.60. The number of piperazine rings is 1. The average molecular weight is 640 g/mol. The van der Waals surface area contributed by atoms with Crippen molar-refractivity contribution in [3.8, 4) is 17.2 Å². The zero-order valence-electron chi connectivity index (χ0n) is 26.5. The van der Waals surface area contributed by atoms with Crippen molar-refractivity contribution in [3.05, 3.63) is 76.0 Å². The minimum Gasteiger partial charge on any atom is -0.469 e. The van der Waals surface area contributed by atoms with E-state index in [4.69, 9.17) is 9.47 Å². The van der Waals surface area contributed by atoms with Gasteiger partial charge in [-0.05, 0) is 61.3 Å². The number of carbonyl (C=O) groups excluding carboxylic acids is 2. The standard InChI is InChI=1S/C34H40F3N5O4/c1-5-41-12-14-42(15-13-41)20-24-9-8-23(18-28(24)34(35,36)37)32(44)40-33-22(3)27-19-25(17-21(2)30(27)46-33)45-29-10-11-39-31(38-4)26(29)7-6-16-43/h8-11,16-19,22,33H,5-7,12-15,20H2,1-4H3,(H,38,39)(H,40,44). The molecule has 2 unspecified atom stereocenters. The third-order valence-electron chi connectivity index (χ3n) is 8.71. The molecule has 3 aromatic rings. The van der Waals surface area contributed by atoms with Crippen LogP contribution in [0.5, 0.6) is 17.2 Å². The van der Waals surface area contributed by atoms with Crippen LogP contribution in [-0.4, -0.2) is 73.0 Å². The van der Waals surface area contributed by atoms with Crippen molar-refractivity contribution in [1.82, 2.24) is 20.1 Å². The van der Waals surface area contributed by atoms with E-state index in [2.05, 4.69) is 27.4 Å². The second kappa shape index (κ2) is 14.1. The van der Waals surface area contributed by atoms with E-state index in [9.17, 15) is 22.8 Å². The van der Waals surface area contributed by atoms with Gasteiger partial charge in [0.05, 0.1) is 5.56 Å². The molecule has 2 N–H and O–H groups in total. The zero-order valence-corrected chi connectivity index (χ0v) is 26.5. The lowest BCUT2D eigenvalue weighted by Crippen LogP contribution is -2.45. The van der Waals surface area contributed by atoms with E-state index in [-0.39, 0.29) is 23.6 Å². The molecule has 12 heteroatoms. The maximum absolute atomic E-state index is 14.2. The van der Waals surface area contributed by atoms with Crippen molar-refractivity contribution in [3.63, 3.8) is 0 Å². The maximum atomic E-state index is 14.2. The summed E-state index contributed by atoms with van der Waals surface area (Å²) < 4.78 is 54.9. The van der Waals surface area contributed by atoms with Gasteiger partial charge in [0.2, 0.25) is 0 Å². The molecule has 2 aromatic carbocycles. The van der Waals surface area contributed by atoms with Crippen molar-refractivity contribution in [1.29, 1.82) is 0 Å². The van der Waals surface area contributed by atoms with E-state index >= 15 is 0 Å². The average Bonchev–Trinajstić information content (AvgIpc) is 3.35. The van der Waals surface area contributed by atoms with E-state index in [0.29, 0.717) is 49.0 Å². The van der Waals surface area contributed by atoms with Crippen LogP contribution in [0.4, 0.5) is 19.0 Å². The van der Waals surface area contributed by atoms with Gasteiger partial charge in [-0.2, -0.15) is 13.2 Å². The number of nitrogens with one attached hydrogen (secondary N) is 2. The molecule has 1 fully saturated rings. The molecule has 5 rings (SSSR count). The van der Waals surface area contributed by atoms with E-state index in [0.717, 1.165) is 48.7 Å². The van der Waals surface area contributed by atoms with Crippen molar-refractivity contribution < 1.29 is 32.2 Å². The quantitative estimate of drug-likeness (QED) is 0.256. The summed E-state index contributed by atoms with van der Waals surface area (Å²) in [4.78, 5) is 32.9. The van der Waals surface area contributed by atoms with E-state index in [1.54, 1.807) is 19.3 Å². The lowest BCUT2D eigenvalue weighted by molar-refractivity contribution is -0.138. The third kappa shape index (κ3) is 7.28. The lowest BCUT2D eigenvalue weighted by Gasteiger charge is -2.34. The fourth-order valence-corrected chi connectivity index (χ4v) is 6.07. The van der Waals surface area contributed by atoms with E-state index in [1.165, 1.54) is 12.1 Å².